The Morgan fingerprint density at radius 3 is 2.38 bits per heavy atom. The van der Waals surface area contributed by atoms with E-state index in [1.807, 2.05) is 62.4 Å². The summed E-state index contributed by atoms with van der Waals surface area (Å²) in [5.41, 5.74) is 1.65. The Morgan fingerprint density at radius 1 is 0.912 bits per heavy atom. The molecule has 4 rings (SSSR count). The molecule has 1 aliphatic rings. The van der Waals surface area contributed by atoms with Crippen molar-refractivity contribution >= 4 is 11.6 Å². The fraction of sp³-hybridized carbons (Fsp3) is 0.370. The van der Waals surface area contributed by atoms with Crippen molar-refractivity contribution in [3.63, 3.8) is 0 Å². The van der Waals surface area contributed by atoms with Crippen molar-refractivity contribution in [1.29, 1.82) is 0 Å². The van der Waals surface area contributed by atoms with Gasteiger partial charge in [0.25, 0.3) is 5.91 Å². The predicted molar refractivity (Wildman–Crippen MR) is 131 cm³/mol. The molecule has 2 aromatic carbocycles. The topological polar surface area (TPSA) is 73.2 Å². The van der Waals surface area contributed by atoms with Gasteiger partial charge in [0.05, 0.1) is 19.8 Å². The van der Waals surface area contributed by atoms with Crippen LogP contribution in [0.1, 0.15) is 48.6 Å². The highest BCUT2D eigenvalue weighted by atomic mass is 16.5. The average Bonchev–Trinajstić information content (AvgIpc) is 3.53. The number of rotatable bonds is 11. The minimum atomic E-state index is -0.265. The van der Waals surface area contributed by atoms with E-state index in [2.05, 4.69) is 10.2 Å². The molecule has 1 N–H and O–H groups in total. The molecule has 0 aliphatic carbocycles. The second kappa shape index (κ2) is 11.6. The first kappa shape index (κ1) is 23.7. The first-order valence-corrected chi connectivity index (χ1v) is 11.9. The van der Waals surface area contributed by atoms with Gasteiger partial charge in [-0.1, -0.05) is 6.07 Å². The molecular weight excluding hydrogens is 432 g/mol. The van der Waals surface area contributed by atoms with E-state index in [1.165, 1.54) is 12.8 Å². The number of amides is 1. The Labute approximate surface area is 200 Å². The molecule has 3 aromatic rings. The number of carbonyl (C=O) groups excluding carboxylic acids is 1. The second-order valence-corrected chi connectivity index (χ2v) is 8.16. The number of carbonyl (C=O) groups is 1. The van der Waals surface area contributed by atoms with Crippen molar-refractivity contribution in [2.75, 3.05) is 31.6 Å². The summed E-state index contributed by atoms with van der Waals surface area (Å²) in [5.74, 6) is 3.01. The number of nitrogens with one attached hydrogen (secondary N) is 1. The van der Waals surface area contributed by atoms with Crippen molar-refractivity contribution in [2.45, 2.75) is 39.8 Å². The summed E-state index contributed by atoms with van der Waals surface area (Å²) in [4.78, 5) is 14.9. The van der Waals surface area contributed by atoms with Gasteiger partial charge < -0.3 is 23.9 Å². The predicted octanol–water partition coefficient (Wildman–Crippen LogP) is 5.50. The van der Waals surface area contributed by atoms with Crippen molar-refractivity contribution in [1.82, 2.24) is 4.90 Å². The smallest absolute Gasteiger partial charge is 0.291 e. The lowest BCUT2D eigenvalue weighted by Gasteiger charge is -2.13. The lowest BCUT2D eigenvalue weighted by atomic mass is 10.2. The quantitative estimate of drug-likeness (QED) is 0.404. The fourth-order valence-corrected chi connectivity index (χ4v) is 3.93. The molecule has 0 atom stereocenters. The van der Waals surface area contributed by atoms with Crippen LogP contribution < -0.4 is 19.5 Å². The Kier molecular flexibility index (Phi) is 8.09. The molecule has 34 heavy (non-hydrogen) atoms. The van der Waals surface area contributed by atoms with E-state index >= 15 is 0 Å². The molecule has 0 radical (unpaired) electrons. The first-order valence-electron chi connectivity index (χ1n) is 11.9. The van der Waals surface area contributed by atoms with Crippen LogP contribution in [0.3, 0.4) is 0 Å². The maximum atomic E-state index is 12.5. The van der Waals surface area contributed by atoms with Crippen molar-refractivity contribution in [2.24, 2.45) is 0 Å². The van der Waals surface area contributed by atoms with Crippen molar-refractivity contribution < 1.29 is 23.4 Å². The first-order chi connectivity index (χ1) is 16.6. The summed E-state index contributed by atoms with van der Waals surface area (Å²) in [5, 5.41) is 2.87. The highest BCUT2D eigenvalue weighted by Crippen LogP contribution is 2.29. The number of hydrogen-bond acceptors (Lipinski definition) is 6. The van der Waals surface area contributed by atoms with Gasteiger partial charge in [0.1, 0.15) is 18.1 Å². The molecule has 1 aromatic heterocycles. The summed E-state index contributed by atoms with van der Waals surface area (Å²) in [7, 11) is 0. The Balaban J connectivity index is 1.29. The third-order valence-corrected chi connectivity index (χ3v) is 5.59. The molecular formula is C27H32N2O5. The summed E-state index contributed by atoms with van der Waals surface area (Å²) < 4.78 is 22.9. The molecule has 0 saturated carbocycles. The van der Waals surface area contributed by atoms with E-state index in [0.717, 1.165) is 36.7 Å². The number of likely N-dealkylation sites (tertiary alicyclic amines) is 1. The molecule has 2 heterocycles. The van der Waals surface area contributed by atoms with E-state index in [4.69, 9.17) is 18.6 Å². The van der Waals surface area contributed by atoms with Crippen molar-refractivity contribution in [3.8, 4) is 17.2 Å². The Morgan fingerprint density at radius 2 is 1.65 bits per heavy atom. The molecule has 0 spiro atoms. The number of furan rings is 1. The van der Waals surface area contributed by atoms with Crippen LogP contribution in [0.25, 0.3) is 0 Å². The van der Waals surface area contributed by atoms with Gasteiger partial charge in [0.2, 0.25) is 0 Å². The molecule has 0 unspecified atom stereocenters. The molecule has 1 saturated heterocycles. The van der Waals surface area contributed by atoms with E-state index in [-0.39, 0.29) is 5.91 Å². The maximum Gasteiger partial charge on any atom is 0.291 e. The minimum absolute atomic E-state index is 0.265. The van der Waals surface area contributed by atoms with Crippen LogP contribution in [0.15, 0.2) is 59.0 Å². The van der Waals surface area contributed by atoms with E-state index in [1.54, 1.807) is 6.07 Å². The van der Waals surface area contributed by atoms with Gasteiger partial charge in [-0.15, -0.1) is 0 Å². The van der Waals surface area contributed by atoms with Gasteiger partial charge >= 0.3 is 0 Å². The molecule has 7 heteroatoms. The summed E-state index contributed by atoms with van der Waals surface area (Å²) in [6.45, 7) is 8.35. The zero-order valence-corrected chi connectivity index (χ0v) is 19.8. The summed E-state index contributed by atoms with van der Waals surface area (Å²) in [6.07, 6.45) is 2.45. The van der Waals surface area contributed by atoms with E-state index in [0.29, 0.717) is 42.8 Å². The number of benzene rings is 2. The average molecular weight is 465 g/mol. The third kappa shape index (κ3) is 6.32. The lowest BCUT2D eigenvalue weighted by Crippen LogP contribution is -2.18. The highest BCUT2D eigenvalue weighted by molar-refractivity contribution is 6.02. The van der Waals surface area contributed by atoms with Crippen LogP contribution in [0.2, 0.25) is 0 Å². The van der Waals surface area contributed by atoms with Gasteiger partial charge in [-0.2, -0.15) is 0 Å². The van der Waals surface area contributed by atoms with Gasteiger partial charge in [-0.3, -0.25) is 9.69 Å². The highest BCUT2D eigenvalue weighted by Gasteiger charge is 2.16. The zero-order chi connectivity index (χ0) is 23.8. The molecule has 0 bridgehead atoms. The minimum Gasteiger partial charge on any atom is -0.490 e. The van der Waals surface area contributed by atoms with E-state index in [9.17, 15) is 4.79 Å². The third-order valence-electron chi connectivity index (χ3n) is 5.59. The second-order valence-electron chi connectivity index (χ2n) is 8.16. The summed E-state index contributed by atoms with van der Waals surface area (Å²) >= 11 is 0. The monoisotopic (exact) mass is 464 g/mol. The molecule has 1 fully saturated rings. The number of ether oxygens (including phenoxy) is 3. The van der Waals surface area contributed by atoms with Gasteiger partial charge in [0, 0.05) is 5.69 Å². The fourth-order valence-electron chi connectivity index (χ4n) is 3.93. The van der Waals surface area contributed by atoms with Crippen LogP contribution in [0.5, 0.6) is 17.2 Å². The SMILES string of the molecule is CCOc1ccc(COc2ccc(NC(=O)c3ccc(CN4CCCC4)o3)cc2)cc1OCC. The van der Waals surface area contributed by atoms with Crippen LogP contribution >= 0.6 is 0 Å². The zero-order valence-electron chi connectivity index (χ0n) is 19.8. The number of anilines is 1. The normalized spacial score (nSPS) is 13.6. The lowest BCUT2D eigenvalue weighted by molar-refractivity contribution is 0.0993. The Bertz CT molecular complexity index is 1070. The molecule has 180 valence electrons. The van der Waals surface area contributed by atoms with Crippen LogP contribution in [-0.4, -0.2) is 37.1 Å². The standard InChI is InChI=1S/C27H32N2O5/c1-3-31-24-13-7-20(17-26(24)32-4-2)19-33-22-10-8-21(9-11-22)28-27(30)25-14-12-23(34-25)18-29-15-5-6-16-29/h7-14,17H,3-6,15-16,18-19H2,1-2H3,(H,28,30). The van der Waals surface area contributed by atoms with Gasteiger partial charge in [-0.05, 0) is 93.9 Å². The largest absolute Gasteiger partial charge is 0.490 e. The van der Waals surface area contributed by atoms with Crippen LogP contribution in [-0.2, 0) is 13.2 Å². The van der Waals surface area contributed by atoms with Gasteiger partial charge in [0.15, 0.2) is 17.3 Å². The van der Waals surface area contributed by atoms with Crippen molar-refractivity contribution in [3.05, 3.63) is 71.7 Å². The molecule has 1 aliphatic heterocycles. The molecule has 1 amide bonds. The van der Waals surface area contributed by atoms with Gasteiger partial charge in [-0.25, -0.2) is 0 Å². The van der Waals surface area contributed by atoms with E-state index < -0.39 is 0 Å². The maximum absolute atomic E-state index is 12.5. The number of nitrogens with zero attached hydrogens (tertiary/aromatic N) is 1. The van der Waals surface area contributed by atoms with Crippen LogP contribution in [0.4, 0.5) is 5.69 Å². The number of hydrogen-bond donors (Lipinski definition) is 1. The van der Waals surface area contributed by atoms with Crippen LogP contribution in [0, 0.1) is 0 Å². The summed E-state index contributed by atoms with van der Waals surface area (Å²) in [6, 6.07) is 16.7. The molecule has 7 nitrogen and oxygen atoms in total. The Hall–Kier alpha value is -3.45.